The SMILES string of the molecule is CC(=O)c1ccc(NC(=O)[C@@H]2CC(=O)Nc3nc(SCc4ccccc4)nn32)cc1. The number of anilines is 2. The van der Waals surface area contributed by atoms with Crippen LogP contribution in [0.25, 0.3) is 0 Å². The van der Waals surface area contributed by atoms with Crippen LogP contribution in [0.2, 0.25) is 0 Å². The van der Waals surface area contributed by atoms with Crippen molar-refractivity contribution in [1.29, 1.82) is 0 Å². The van der Waals surface area contributed by atoms with E-state index in [0.717, 1.165) is 5.56 Å². The summed E-state index contributed by atoms with van der Waals surface area (Å²) in [5, 5.41) is 10.4. The van der Waals surface area contributed by atoms with Crippen molar-refractivity contribution in [2.24, 2.45) is 0 Å². The third-order valence-corrected chi connectivity index (χ3v) is 5.52. The molecule has 0 bridgehead atoms. The summed E-state index contributed by atoms with van der Waals surface area (Å²) < 4.78 is 1.45. The third-order valence-electron chi connectivity index (χ3n) is 4.61. The summed E-state index contributed by atoms with van der Waals surface area (Å²) in [6.45, 7) is 1.48. The third kappa shape index (κ3) is 4.41. The van der Waals surface area contributed by atoms with E-state index in [-0.39, 0.29) is 30.0 Å². The molecule has 3 aromatic rings. The first-order valence-electron chi connectivity index (χ1n) is 9.34. The summed E-state index contributed by atoms with van der Waals surface area (Å²) in [7, 11) is 0. The first-order chi connectivity index (χ1) is 14.5. The van der Waals surface area contributed by atoms with Crippen LogP contribution in [0.4, 0.5) is 11.6 Å². The highest BCUT2D eigenvalue weighted by atomic mass is 32.2. The molecule has 1 atom stereocenters. The van der Waals surface area contributed by atoms with E-state index < -0.39 is 6.04 Å². The summed E-state index contributed by atoms with van der Waals surface area (Å²) in [6.07, 6.45) is -0.0312. The molecule has 9 heteroatoms. The van der Waals surface area contributed by atoms with Crippen LogP contribution in [-0.4, -0.2) is 32.4 Å². The molecule has 4 rings (SSSR count). The van der Waals surface area contributed by atoms with Crippen molar-refractivity contribution in [3.8, 4) is 0 Å². The number of nitrogens with zero attached hydrogens (tertiary/aromatic N) is 3. The molecule has 2 heterocycles. The molecule has 30 heavy (non-hydrogen) atoms. The number of nitrogens with one attached hydrogen (secondary N) is 2. The summed E-state index contributed by atoms with van der Waals surface area (Å²) in [6, 6.07) is 15.7. The molecule has 2 N–H and O–H groups in total. The van der Waals surface area contributed by atoms with Crippen LogP contribution in [0.3, 0.4) is 0 Å². The zero-order valence-electron chi connectivity index (χ0n) is 16.2. The molecule has 1 aliphatic heterocycles. The number of Topliss-reactive ketones (excluding diaryl/α,β-unsaturated/α-hetero) is 1. The quantitative estimate of drug-likeness (QED) is 0.467. The molecule has 0 unspecified atom stereocenters. The van der Waals surface area contributed by atoms with E-state index in [4.69, 9.17) is 0 Å². The van der Waals surface area contributed by atoms with Gasteiger partial charge in [-0.25, -0.2) is 4.68 Å². The van der Waals surface area contributed by atoms with Gasteiger partial charge in [0.1, 0.15) is 6.04 Å². The van der Waals surface area contributed by atoms with Gasteiger partial charge in [-0.15, -0.1) is 5.10 Å². The van der Waals surface area contributed by atoms with Gasteiger partial charge >= 0.3 is 0 Å². The van der Waals surface area contributed by atoms with Crippen LogP contribution in [0.5, 0.6) is 0 Å². The lowest BCUT2D eigenvalue weighted by atomic mass is 10.1. The van der Waals surface area contributed by atoms with Crippen molar-refractivity contribution in [2.45, 2.75) is 30.3 Å². The van der Waals surface area contributed by atoms with Crippen LogP contribution in [0.15, 0.2) is 59.8 Å². The van der Waals surface area contributed by atoms with E-state index in [1.54, 1.807) is 24.3 Å². The molecule has 0 saturated carbocycles. The Balaban J connectivity index is 1.49. The Morgan fingerprint density at radius 3 is 2.60 bits per heavy atom. The summed E-state index contributed by atoms with van der Waals surface area (Å²) in [4.78, 5) is 40.7. The Bertz CT molecular complexity index is 1100. The molecule has 0 spiro atoms. The number of rotatable bonds is 6. The average Bonchev–Trinajstić information content (AvgIpc) is 3.15. The lowest BCUT2D eigenvalue weighted by Crippen LogP contribution is -2.36. The number of thioether (sulfide) groups is 1. The van der Waals surface area contributed by atoms with Gasteiger partial charge in [-0.05, 0) is 36.8 Å². The summed E-state index contributed by atoms with van der Waals surface area (Å²) in [5.41, 5.74) is 2.22. The second-order valence-corrected chi connectivity index (χ2v) is 7.77. The normalized spacial score (nSPS) is 15.2. The average molecular weight is 421 g/mol. The first-order valence-corrected chi connectivity index (χ1v) is 10.3. The van der Waals surface area contributed by atoms with Gasteiger partial charge in [0.05, 0.1) is 6.42 Å². The van der Waals surface area contributed by atoms with Gasteiger partial charge in [0.25, 0.3) is 0 Å². The van der Waals surface area contributed by atoms with E-state index in [1.165, 1.54) is 23.4 Å². The number of fused-ring (bicyclic) bond motifs is 1. The fraction of sp³-hybridized carbons (Fsp3) is 0.190. The molecule has 8 nitrogen and oxygen atoms in total. The van der Waals surface area contributed by atoms with Gasteiger partial charge in [0.2, 0.25) is 22.9 Å². The van der Waals surface area contributed by atoms with Crippen molar-refractivity contribution in [2.75, 3.05) is 10.6 Å². The molecule has 0 saturated heterocycles. The molecule has 152 valence electrons. The maximum absolute atomic E-state index is 12.8. The van der Waals surface area contributed by atoms with Crippen molar-refractivity contribution in [3.05, 3.63) is 65.7 Å². The highest BCUT2D eigenvalue weighted by Gasteiger charge is 2.33. The summed E-state index contributed by atoms with van der Waals surface area (Å²) in [5.74, 6) is 0.226. The minimum atomic E-state index is -0.806. The van der Waals surface area contributed by atoms with Gasteiger partial charge in [-0.3, -0.25) is 19.7 Å². The molecule has 2 amide bonds. The van der Waals surface area contributed by atoms with E-state index in [9.17, 15) is 14.4 Å². The number of amides is 2. The smallest absolute Gasteiger partial charge is 0.249 e. The van der Waals surface area contributed by atoms with Crippen LogP contribution in [0.1, 0.15) is 35.3 Å². The number of benzene rings is 2. The number of aromatic nitrogens is 3. The van der Waals surface area contributed by atoms with E-state index in [2.05, 4.69) is 20.7 Å². The first kappa shape index (κ1) is 19.8. The Labute approximate surface area is 177 Å². The Morgan fingerprint density at radius 1 is 1.17 bits per heavy atom. The number of ketones is 1. The maximum atomic E-state index is 12.8. The zero-order chi connectivity index (χ0) is 21.1. The number of hydrogen-bond donors (Lipinski definition) is 2. The van der Waals surface area contributed by atoms with Crippen molar-refractivity contribution in [1.82, 2.24) is 14.8 Å². The fourth-order valence-corrected chi connectivity index (χ4v) is 3.83. The lowest BCUT2D eigenvalue weighted by Gasteiger charge is -2.22. The predicted molar refractivity (Wildman–Crippen MR) is 113 cm³/mol. The van der Waals surface area contributed by atoms with Crippen molar-refractivity contribution >= 4 is 41.0 Å². The van der Waals surface area contributed by atoms with Crippen LogP contribution < -0.4 is 10.6 Å². The van der Waals surface area contributed by atoms with Crippen molar-refractivity contribution in [3.63, 3.8) is 0 Å². The highest BCUT2D eigenvalue weighted by molar-refractivity contribution is 7.98. The van der Waals surface area contributed by atoms with Crippen LogP contribution >= 0.6 is 11.8 Å². The maximum Gasteiger partial charge on any atom is 0.249 e. The predicted octanol–water partition coefficient (Wildman–Crippen LogP) is 3.30. The van der Waals surface area contributed by atoms with Gasteiger partial charge in [-0.1, -0.05) is 42.1 Å². The standard InChI is InChI=1S/C21H19N5O3S/c1-13(27)15-7-9-16(10-8-15)22-19(29)17-11-18(28)23-20-24-21(25-26(17)20)30-12-14-5-3-2-4-6-14/h2-10,17H,11-12H2,1H3,(H,22,29)(H,23,24,25,28)/t17-/m0/s1. The summed E-state index contributed by atoms with van der Waals surface area (Å²) >= 11 is 1.43. The van der Waals surface area contributed by atoms with Gasteiger partial charge in [0, 0.05) is 17.0 Å². The molecular weight excluding hydrogens is 402 g/mol. The number of hydrogen-bond acceptors (Lipinski definition) is 6. The van der Waals surface area contributed by atoms with Crippen molar-refractivity contribution < 1.29 is 14.4 Å². The van der Waals surface area contributed by atoms with Crippen LogP contribution in [-0.2, 0) is 15.3 Å². The number of carbonyl (C=O) groups excluding carboxylic acids is 3. The molecule has 1 aromatic heterocycles. The van der Waals surface area contributed by atoms with Gasteiger partial charge in [-0.2, -0.15) is 4.98 Å². The monoisotopic (exact) mass is 421 g/mol. The second kappa shape index (κ2) is 8.50. The molecule has 0 fully saturated rings. The Kier molecular flexibility index (Phi) is 5.62. The van der Waals surface area contributed by atoms with E-state index in [0.29, 0.717) is 22.2 Å². The highest BCUT2D eigenvalue weighted by Crippen LogP contribution is 2.28. The molecular formula is C21H19N5O3S. The van der Waals surface area contributed by atoms with Crippen LogP contribution in [0, 0.1) is 0 Å². The van der Waals surface area contributed by atoms with E-state index >= 15 is 0 Å². The van der Waals surface area contributed by atoms with Gasteiger partial charge in [0.15, 0.2) is 5.78 Å². The molecule has 1 aliphatic rings. The molecule has 0 radical (unpaired) electrons. The Morgan fingerprint density at radius 2 is 1.90 bits per heavy atom. The fourth-order valence-electron chi connectivity index (χ4n) is 3.04. The minimum Gasteiger partial charge on any atom is -0.324 e. The molecule has 0 aliphatic carbocycles. The molecule has 2 aromatic carbocycles. The largest absolute Gasteiger partial charge is 0.324 e. The minimum absolute atomic E-state index is 0.0312. The number of carbonyl (C=O) groups is 3. The van der Waals surface area contributed by atoms with Gasteiger partial charge < -0.3 is 5.32 Å². The zero-order valence-corrected chi connectivity index (χ0v) is 17.0. The van der Waals surface area contributed by atoms with E-state index in [1.807, 2.05) is 30.3 Å². The topological polar surface area (TPSA) is 106 Å². The second-order valence-electron chi connectivity index (χ2n) is 6.83. The Hall–Kier alpha value is -3.46. The lowest BCUT2D eigenvalue weighted by molar-refractivity contribution is -0.125.